The van der Waals surface area contributed by atoms with Gasteiger partial charge in [-0.05, 0) is 36.8 Å². The van der Waals surface area contributed by atoms with Crippen molar-refractivity contribution in [3.63, 3.8) is 0 Å². The van der Waals surface area contributed by atoms with E-state index in [1.54, 1.807) is 0 Å². The molecule has 0 atom stereocenters. The molecule has 0 aliphatic rings. The minimum absolute atomic E-state index is 0.00640. The van der Waals surface area contributed by atoms with Crippen LogP contribution in [0.1, 0.15) is 28.4 Å². The summed E-state index contributed by atoms with van der Waals surface area (Å²) < 4.78 is 63.7. The highest BCUT2D eigenvalue weighted by Crippen LogP contribution is 2.29. The van der Waals surface area contributed by atoms with E-state index in [0.29, 0.717) is 11.1 Å². The number of rotatable bonds is 5. The molecule has 0 aliphatic heterocycles. The van der Waals surface area contributed by atoms with Crippen LogP contribution in [0.2, 0.25) is 0 Å². The second-order valence-electron chi connectivity index (χ2n) is 5.54. The van der Waals surface area contributed by atoms with E-state index in [0.717, 1.165) is 16.4 Å². The first-order valence-corrected chi connectivity index (χ1v) is 8.69. The molecule has 2 aromatic carbocycles. The van der Waals surface area contributed by atoms with Crippen molar-refractivity contribution in [2.45, 2.75) is 24.5 Å². The molecule has 0 heterocycles. The lowest BCUT2D eigenvalue weighted by Gasteiger charge is -2.18. The van der Waals surface area contributed by atoms with E-state index in [9.17, 15) is 26.4 Å². The molecule has 8 heteroatoms. The fraction of sp³-hybridized carbons (Fsp3) is 0.235. The van der Waals surface area contributed by atoms with E-state index in [4.69, 9.17) is 0 Å². The summed E-state index contributed by atoms with van der Waals surface area (Å²) in [6.07, 6.45) is -4.44. The molecule has 134 valence electrons. The van der Waals surface area contributed by atoms with Gasteiger partial charge in [0.1, 0.15) is 0 Å². The van der Waals surface area contributed by atoms with Crippen LogP contribution in [0.25, 0.3) is 0 Å². The number of ketones is 1. The molecule has 0 radical (unpaired) electrons. The minimum atomic E-state index is -4.44. The summed E-state index contributed by atoms with van der Waals surface area (Å²) in [6, 6.07) is 9.81. The molecule has 2 aromatic rings. The lowest BCUT2D eigenvalue weighted by atomic mass is 10.1. The molecule has 2 rings (SSSR count). The zero-order valence-corrected chi connectivity index (χ0v) is 14.4. The van der Waals surface area contributed by atoms with E-state index in [-0.39, 0.29) is 17.2 Å². The topological polar surface area (TPSA) is 54.5 Å². The second-order valence-corrected chi connectivity index (χ2v) is 7.58. The van der Waals surface area contributed by atoms with Gasteiger partial charge in [-0.3, -0.25) is 4.79 Å². The summed E-state index contributed by atoms with van der Waals surface area (Å²) in [6.45, 7) is 1.30. The van der Waals surface area contributed by atoms with Crippen LogP contribution in [0.4, 0.5) is 13.2 Å². The van der Waals surface area contributed by atoms with E-state index in [1.807, 2.05) is 0 Å². The SMILES string of the molecule is CC(=O)c1ccc(S(=O)(=O)N(C)Cc2ccc(C(F)(F)F)cc2)cc1. The molecule has 25 heavy (non-hydrogen) atoms. The minimum Gasteiger partial charge on any atom is -0.295 e. The van der Waals surface area contributed by atoms with Gasteiger partial charge in [0.25, 0.3) is 0 Å². The van der Waals surface area contributed by atoms with Gasteiger partial charge in [0.05, 0.1) is 10.5 Å². The van der Waals surface area contributed by atoms with Gasteiger partial charge in [0.2, 0.25) is 10.0 Å². The zero-order chi connectivity index (χ0) is 18.8. The molecule has 0 spiro atoms. The number of carbonyl (C=O) groups excluding carboxylic acids is 1. The Morgan fingerprint density at radius 3 is 1.96 bits per heavy atom. The lowest BCUT2D eigenvalue weighted by molar-refractivity contribution is -0.137. The first kappa shape index (κ1) is 19.1. The normalized spacial score (nSPS) is 12.4. The fourth-order valence-electron chi connectivity index (χ4n) is 2.18. The maximum atomic E-state index is 12.6. The molecule has 0 unspecified atom stereocenters. The first-order valence-electron chi connectivity index (χ1n) is 7.25. The number of halogens is 3. The smallest absolute Gasteiger partial charge is 0.295 e. The van der Waals surface area contributed by atoms with Crippen LogP contribution in [-0.2, 0) is 22.7 Å². The third kappa shape index (κ3) is 4.46. The highest BCUT2D eigenvalue weighted by Gasteiger charge is 2.30. The van der Waals surface area contributed by atoms with Crippen molar-refractivity contribution in [1.82, 2.24) is 4.31 Å². The second kappa shape index (κ2) is 6.97. The summed E-state index contributed by atoms with van der Waals surface area (Å²) in [5.74, 6) is -0.179. The molecule has 0 saturated heterocycles. The van der Waals surface area contributed by atoms with E-state index < -0.39 is 21.8 Å². The molecular weight excluding hydrogens is 355 g/mol. The number of alkyl halides is 3. The highest BCUT2D eigenvalue weighted by molar-refractivity contribution is 7.89. The quantitative estimate of drug-likeness (QED) is 0.753. The molecule has 0 fully saturated rings. The predicted molar refractivity (Wildman–Crippen MR) is 86.5 cm³/mol. The van der Waals surface area contributed by atoms with Crippen molar-refractivity contribution in [1.29, 1.82) is 0 Å². The molecule has 0 bridgehead atoms. The average Bonchev–Trinajstić information content (AvgIpc) is 2.54. The summed E-state index contributed by atoms with van der Waals surface area (Å²) in [5.41, 5.74) is 0.0327. The van der Waals surface area contributed by atoms with Gasteiger partial charge in [0.15, 0.2) is 5.78 Å². The van der Waals surface area contributed by atoms with Crippen molar-refractivity contribution < 1.29 is 26.4 Å². The van der Waals surface area contributed by atoms with Crippen LogP contribution in [0, 0.1) is 0 Å². The summed E-state index contributed by atoms with van der Waals surface area (Å²) in [5, 5.41) is 0. The van der Waals surface area contributed by atoms with E-state index >= 15 is 0 Å². The molecule has 0 saturated carbocycles. The number of hydrogen-bond acceptors (Lipinski definition) is 3. The van der Waals surface area contributed by atoms with Crippen LogP contribution < -0.4 is 0 Å². The standard InChI is InChI=1S/C17H16F3NO3S/c1-12(22)14-5-9-16(10-6-14)25(23,24)21(2)11-13-3-7-15(8-4-13)17(18,19)20/h3-10H,11H2,1-2H3. The van der Waals surface area contributed by atoms with Gasteiger partial charge < -0.3 is 0 Å². The number of carbonyl (C=O) groups is 1. The molecule has 0 aromatic heterocycles. The average molecular weight is 371 g/mol. The maximum absolute atomic E-state index is 12.6. The van der Waals surface area contributed by atoms with Crippen molar-refractivity contribution in [3.05, 3.63) is 65.2 Å². The van der Waals surface area contributed by atoms with E-state index in [1.165, 1.54) is 50.4 Å². The number of Topliss-reactive ketones (excluding diaryl/α,β-unsaturated/α-hetero) is 1. The summed E-state index contributed by atoms with van der Waals surface area (Å²) >= 11 is 0. The Kier molecular flexibility index (Phi) is 5.34. The third-order valence-corrected chi connectivity index (χ3v) is 5.47. The highest BCUT2D eigenvalue weighted by atomic mass is 32.2. The number of sulfonamides is 1. The molecule has 0 aliphatic carbocycles. The maximum Gasteiger partial charge on any atom is 0.416 e. The van der Waals surface area contributed by atoms with Crippen LogP contribution in [0.15, 0.2) is 53.4 Å². The Labute approximate surface area is 143 Å². The van der Waals surface area contributed by atoms with Gasteiger partial charge in [0, 0.05) is 19.2 Å². The Morgan fingerprint density at radius 1 is 1.00 bits per heavy atom. The Balaban J connectivity index is 2.18. The van der Waals surface area contributed by atoms with Crippen molar-refractivity contribution in [3.8, 4) is 0 Å². The zero-order valence-electron chi connectivity index (χ0n) is 13.5. The van der Waals surface area contributed by atoms with Gasteiger partial charge in [-0.1, -0.05) is 24.3 Å². The van der Waals surface area contributed by atoms with Crippen LogP contribution in [-0.4, -0.2) is 25.6 Å². The summed E-state index contributed by atoms with van der Waals surface area (Å²) in [7, 11) is -2.48. The molecule has 0 N–H and O–H groups in total. The van der Waals surface area contributed by atoms with Crippen molar-refractivity contribution in [2.75, 3.05) is 7.05 Å². The Hall–Kier alpha value is -2.19. The number of nitrogens with zero attached hydrogens (tertiary/aromatic N) is 1. The lowest BCUT2D eigenvalue weighted by Crippen LogP contribution is -2.26. The van der Waals surface area contributed by atoms with Crippen molar-refractivity contribution in [2.24, 2.45) is 0 Å². The number of benzene rings is 2. The monoisotopic (exact) mass is 371 g/mol. The van der Waals surface area contributed by atoms with Gasteiger partial charge in [-0.2, -0.15) is 17.5 Å². The first-order chi connectivity index (χ1) is 11.5. The van der Waals surface area contributed by atoms with Gasteiger partial charge >= 0.3 is 6.18 Å². The van der Waals surface area contributed by atoms with Crippen LogP contribution in [0.5, 0.6) is 0 Å². The Morgan fingerprint density at radius 2 is 1.52 bits per heavy atom. The molecular formula is C17H16F3NO3S. The fourth-order valence-corrected chi connectivity index (χ4v) is 3.34. The van der Waals surface area contributed by atoms with Crippen LogP contribution >= 0.6 is 0 Å². The van der Waals surface area contributed by atoms with E-state index in [2.05, 4.69) is 0 Å². The number of hydrogen-bond donors (Lipinski definition) is 0. The molecule has 4 nitrogen and oxygen atoms in total. The van der Waals surface area contributed by atoms with Crippen molar-refractivity contribution >= 4 is 15.8 Å². The Bertz CT molecular complexity index is 858. The molecule has 0 amide bonds. The van der Waals surface area contributed by atoms with Gasteiger partial charge in [-0.25, -0.2) is 8.42 Å². The van der Waals surface area contributed by atoms with Crippen LogP contribution in [0.3, 0.4) is 0 Å². The van der Waals surface area contributed by atoms with Gasteiger partial charge in [-0.15, -0.1) is 0 Å². The predicted octanol–water partition coefficient (Wildman–Crippen LogP) is 3.73. The third-order valence-electron chi connectivity index (χ3n) is 3.66. The largest absolute Gasteiger partial charge is 0.416 e. The summed E-state index contributed by atoms with van der Waals surface area (Å²) in [4.78, 5) is 11.2.